The van der Waals surface area contributed by atoms with E-state index >= 15 is 0 Å². The predicted octanol–water partition coefficient (Wildman–Crippen LogP) is 5.87. The molecule has 0 bridgehead atoms. The molecule has 2 heterocycles. The van der Waals surface area contributed by atoms with Crippen LogP contribution in [0.1, 0.15) is 44.2 Å². The van der Waals surface area contributed by atoms with Gasteiger partial charge in [0.15, 0.2) is 16.6 Å². The van der Waals surface area contributed by atoms with Crippen LogP contribution in [0, 0.1) is 0 Å². The second-order valence-electron chi connectivity index (χ2n) is 7.93. The lowest BCUT2D eigenvalue weighted by Crippen LogP contribution is -2.46. The van der Waals surface area contributed by atoms with E-state index in [0.717, 1.165) is 41.8 Å². The number of thiocarbonyl (C=S) groups is 1. The molecule has 9 heteroatoms. The van der Waals surface area contributed by atoms with E-state index in [1.54, 1.807) is 14.2 Å². The second-order valence-corrected chi connectivity index (χ2v) is 8.76. The molecule has 1 N–H and O–H groups in total. The number of methoxy groups -OCH3 is 2. The van der Waals surface area contributed by atoms with Crippen LogP contribution in [0.4, 0.5) is 0 Å². The molecule has 4 rings (SSSR count). The van der Waals surface area contributed by atoms with Gasteiger partial charge in [0.05, 0.1) is 25.8 Å². The summed E-state index contributed by atoms with van der Waals surface area (Å²) in [6.07, 6.45) is 2.07. The molecular formula is C25H27ClN4O3S. The third-order valence-electron chi connectivity index (χ3n) is 5.81. The van der Waals surface area contributed by atoms with Crippen molar-refractivity contribution >= 4 is 34.5 Å². The maximum absolute atomic E-state index is 6.30. The first kappa shape index (κ1) is 24.0. The lowest BCUT2D eigenvalue weighted by molar-refractivity contribution is 0.355. The molecule has 1 unspecified atom stereocenters. The van der Waals surface area contributed by atoms with Crippen molar-refractivity contribution in [1.29, 1.82) is 0 Å². The summed E-state index contributed by atoms with van der Waals surface area (Å²) in [4.78, 5) is 6.84. The molecule has 0 saturated carbocycles. The van der Waals surface area contributed by atoms with Crippen molar-refractivity contribution in [2.75, 3.05) is 20.8 Å². The van der Waals surface area contributed by atoms with Gasteiger partial charge in [-0.25, -0.2) is 0 Å². The van der Waals surface area contributed by atoms with Gasteiger partial charge in [-0.3, -0.25) is 0 Å². The maximum atomic E-state index is 6.30. The summed E-state index contributed by atoms with van der Waals surface area (Å²) in [6.45, 7) is 5.00. The lowest BCUT2D eigenvalue weighted by atomic mass is 9.94. The SMILES string of the molecule is CCCCN1C(=S)NC(c2cccc(Cl)c2)C(c2nc(-c3ccc(OC)c(OC)c3)no2)=C1C. The summed E-state index contributed by atoms with van der Waals surface area (Å²) in [5, 5.41) is 9.03. The van der Waals surface area contributed by atoms with E-state index in [0.29, 0.717) is 33.3 Å². The molecule has 1 atom stereocenters. The van der Waals surface area contributed by atoms with Crippen molar-refractivity contribution in [3.63, 3.8) is 0 Å². The zero-order chi connectivity index (χ0) is 24.2. The molecule has 1 aromatic heterocycles. The summed E-state index contributed by atoms with van der Waals surface area (Å²) in [7, 11) is 3.19. The zero-order valence-electron chi connectivity index (χ0n) is 19.6. The van der Waals surface area contributed by atoms with Gasteiger partial charge >= 0.3 is 0 Å². The first-order valence-corrected chi connectivity index (χ1v) is 11.9. The number of hydrogen-bond donors (Lipinski definition) is 1. The van der Waals surface area contributed by atoms with E-state index in [-0.39, 0.29) is 6.04 Å². The number of nitrogens with one attached hydrogen (secondary N) is 1. The molecule has 178 valence electrons. The van der Waals surface area contributed by atoms with Crippen LogP contribution in [0.5, 0.6) is 11.5 Å². The Morgan fingerprint density at radius 2 is 1.94 bits per heavy atom. The van der Waals surface area contributed by atoms with Gasteiger partial charge in [0.25, 0.3) is 5.89 Å². The summed E-state index contributed by atoms with van der Waals surface area (Å²) in [5.41, 5.74) is 3.56. The minimum absolute atomic E-state index is 0.275. The van der Waals surface area contributed by atoms with E-state index in [9.17, 15) is 0 Å². The van der Waals surface area contributed by atoms with Crippen LogP contribution in [-0.4, -0.2) is 40.9 Å². The monoisotopic (exact) mass is 498 g/mol. The number of nitrogens with zero attached hydrogens (tertiary/aromatic N) is 3. The Bertz CT molecular complexity index is 1230. The fraction of sp³-hybridized carbons (Fsp3) is 0.320. The first-order valence-electron chi connectivity index (χ1n) is 11.1. The predicted molar refractivity (Wildman–Crippen MR) is 137 cm³/mol. The van der Waals surface area contributed by atoms with Gasteiger partial charge in [-0.2, -0.15) is 4.98 Å². The number of rotatable bonds is 8. The number of aromatic nitrogens is 2. The van der Waals surface area contributed by atoms with Crippen LogP contribution >= 0.6 is 23.8 Å². The third-order valence-corrected chi connectivity index (χ3v) is 6.39. The number of allylic oxidation sites excluding steroid dienone is 1. The largest absolute Gasteiger partial charge is 0.493 e. The highest BCUT2D eigenvalue weighted by molar-refractivity contribution is 7.80. The number of halogens is 1. The van der Waals surface area contributed by atoms with Crippen molar-refractivity contribution in [3.8, 4) is 22.9 Å². The third kappa shape index (κ3) is 4.74. The van der Waals surface area contributed by atoms with Crippen LogP contribution in [0.2, 0.25) is 5.02 Å². The quantitative estimate of drug-likeness (QED) is 0.386. The van der Waals surface area contributed by atoms with E-state index < -0.39 is 0 Å². The Morgan fingerprint density at radius 1 is 1.15 bits per heavy atom. The molecule has 0 saturated heterocycles. The highest BCUT2D eigenvalue weighted by Crippen LogP contribution is 2.38. The van der Waals surface area contributed by atoms with E-state index in [1.165, 1.54) is 0 Å². The highest BCUT2D eigenvalue weighted by Gasteiger charge is 2.34. The molecule has 2 aromatic carbocycles. The van der Waals surface area contributed by atoms with Crippen molar-refractivity contribution < 1.29 is 14.0 Å². The van der Waals surface area contributed by atoms with Crippen LogP contribution in [0.15, 0.2) is 52.7 Å². The Morgan fingerprint density at radius 3 is 2.65 bits per heavy atom. The molecule has 3 aromatic rings. The molecule has 0 fully saturated rings. The van der Waals surface area contributed by atoms with E-state index in [2.05, 4.69) is 22.3 Å². The fourth-order valence-electron chi connectivity index (χ4n) is 4.01. The zero-order valence-corrected chi connectivity index (χ0v) is 21.2. The molecule has 0 amide bonds. The Labute approximate surface area is 209 Å². The lowest BCUT2D eigenvalue weighted by Gasteiger charge is -2.37. The average molecular weight is 499 g/mol. The Kier molecular flexibility index (Phi) is 7.38. The van der Waals surface area contributed by atoms with Crippen molar-refractivity contribution in [1.82, 2.24) is 20.4 Å². The molecule has 0 aliphatic carbocycles. The summed E-state index contributed by atoms with van der Waals surface area (Å²) in [5.74, 6) is 2.10. The molecule has 1 aliphatic heterocycles. The number of benzene rings is 2. The van der Waals surface area contributed by atoms with Gasteiger partial charge in [-0.1, -0.05) is 42.2 Å². The summed E-state index contributed by atoms with van der Waals surface area (Å²) in [6, 6.07) is 12.9. The number of hydrogen-bond acceptors (Lipinski definition) is 6. The highest BCUT2D eigenvalue weighted by atomic mass is 35.5. The van der Waals surface area contributed by atoms with E-state index in [4.69, 9.17) is 42.8 Å². The van der Waals surface area contributed by atoms with Crippen molar-refractivity contribution in [3.05, 3.63) is 64.6 Å². The number of unbranched alkanes of at least 4 members (excludes halogenated alkanes) is 1. The van der Waals surface area contributed by atoms with Gasteiger partial charge in [0.1, 0.15) is 0 Å². The van der Waals surface area contributed by atoms with Gasteiger partial charge in [-0.05, 0) is 61.5 Å². The standard InChI is InChI=1S/C25H27ClN4O3S/c1-5-6-12-30-15(2)21(22(27-25(30)34)16-8-7-9-18(26)13-16)24-28-23(29-33-24)17-10-11-19(31-3)20(14-17)32-4/h7-11,13-14,22H,5-6,12H2,1-4H3,(H,27,34). The van der Waals surface area contributed by atoms with Gasteiger partial charge < -0.3 is 24.2 Å². The molecule has 0 radical (unpaired) electrons. The van der Waals surface area contributed by atoms with Crippen LogP contribution in [-0.2, 0) is 0 Å². The number of ether oxygens (including phenoxy) is 2. The van der Waals surface area contributed by atoms with Gasteiger partial charge in [-0.15, -0.1) is 0 Å². The smallest absolute Gasteiger partial charge is 0.258 e. The summed E-state index contributed by atoms with van der Waals surface area (Å²) < 4.78 is 16.6. The van der Waals surface area contributed by atoms with Gasteiger partial charge in [0, 0.05) is 22.8 Å². The van der Waals surface area contributed by atoms with Gasteiger partial charge in [0.2, 0.25) is 5.82 Å². The molecule has 0 spiro atoms. The fourth-order valence-corrected chi connectivity index (χ4v) is 4.55. The minimum Gasteiger partial charge on any atom is -0.493 e. The molecule has 1 aliphatic rings. The Hall–Kier alpha value is -3.10. The van der Waals surface area contributed by atoms with Crippen LogP contribution in [0.25, 0.3) is 17.0 Å². The maximum Gasteiger partial charge on any atom is 0.258 e. The van der Waals surface area contributed by atoms with Crippen LogP contribution in [0.3, 0.4) is 0 Å². The Balaban J connectivity index is 1.79. The molecular weight excluding hydrogens is 472 g/mol. The first-order chi connectivity index (χ1) is 16.5. The normalized spacial score (nSPS) is 16.0. The second kappa shape index (κ2) is 10.4. The minimum atomic E-state index is -0.275. The topological polar surface area (TPSA) is 72.7 Å². The van der Waals surface area contributed by atoms with Crippen LogP contribution < -0.4 is 14.8 Å². The summed E-state index contributed by atoms with van der Waals surface area (Å²) >= 11 is 12.0. The van der Waals surface area contributed by atoms with Crippen molar-refractivity contribution in [2.24, 2.45) is 0 Å². The van der Waals surface area contributed by atoms with Crippen molar-refractivity contribution in [2.45, 2.75) is 32.7 Å². The molecule has 7 nitrogen and oxygen atoms in total. The average Bonchev–Trinajstić information content (AvgIpc) is 3.33. The molecule has 34 heavy (non-hydrogen) atoms. The van der Waals surface area contributed by atoms with E-state index in [1.807, 2.05) is 49.4 Å².